The van der Waals surface area contributed by atoms with E-state index < -0.39 is 6.10 Å². The molecule has 2 N–H and O–H groups in total. The number of benzene rings is 1. The van der Waals surface area contributed by atoms with E-state index in [9.17, 15) is 10.2 Å². The molecule has 1 fully saturated rings. The highest BCUT2D eigenvalue weighted by Gasteiger charge is 2.30. The lowest BCUT2D eigenvalue weighted by atomic mass is 10.2. The summed E-state index contributed by atoms with van der Waals surface area (Å²) in [4.78, 5) is 1.96. The van der Waals surface area contributed by atoms with Gasteiger partial charge in [0.05, 0.1) is 6.10 Å². The van der Waals surface area contributed by atoms with Crippen LogP contribution in [0.25, 0.3) is 0 Å². The van der Waals surface area contributed by atoms with Crippen LogP contribution in [0.3, 0.4) is 0 Å². The maximum Gasteiger partial charge on any atom is 0.120 e. The second kappa shape index (κ2) is 7.41. The third kappa shape index (κ3) is 5.40. The van der Waals surface area contributed by atoms with Crippen molar-refractivity contribution in [2.45, 2.75) is 25.0 Å². The monoisotopic (exact) mass is 343 g/mol. The molecule has 1 aromatic rings. The fourth-order valence-electron chi connectivity index (χ4n) is 2.19. The maximum atomic E-state index is 9.96. The van der Waals surface area contributed by atoms with Crippen LogP contribution in [0, 0.1) is 5.92 Å². The molecule has 0 bridgehead atoms. The molecule has 0 amide bonds. The lowest BCUT2D eigenvalue weighted by molar-refractivity contribution is 0.0508. The largest absolute Gasteiger partial charge is 0.491 e. The molecular weight excluding hydrogens is 322 g/mol. The van der Waals surface area contributed by atoms with Crippen LogP contribution < -0.4 is 4.74 Å². The van der Waals surface area contributed by atoms with E-state index in [4.69, 9.17) is 4.74 Å². The zero-order chi connectivity index (χ0) is 14.5. The Morgan fingerprint density at radius 2 is 2.10 bits per heavy atom. The first-order chi connectivity index (χ1) is 9.54. The quantitative estimate of drug-likeness (QED) is 0.756. The Morgan fingerprint density at radius 1 is 1.35 bits per heavy atom. The van der Waals surface area contributed by atoms with Crippen molar-refractivity contribution in [1.82, 2.24) is 4.90 Å². The lowest BCUT2D eigenvalue weighted by Crippen LogP contribution is -2.38. The Morgan fingerprint density at radius 3 is 2.75 bits per heavy atom. The highest BCUT2D eigenvalue weighted by atomic mass is 79.9. The van der Waals surface area contributed by atoms with Gasteiger partial charge in [-0.05, 0) is 44.0 Å². The van der Waals surface area contributed by atoms with Gasteiger partial charge in [-0.15, -0.1) is 0 Å². The van der Waals surface area contributed by atoms with Gasteiger partial charge in [-0.25, -0.2) is 0 Å². The van der Waals surface area contributed by atoms with Crippen LogP contribution in [0.2, 0.25) is 0 Å². The molecule has 2 unspecified atom stereocenters. The smallest absolute Gasteiger partial charge is 0.120 e. The predicted molar refractivity (Wildman–Crippen MR) is 81.9 cm³/mol. The second-order valence-corrected chi connectivity index (χ2v) is 6.46. The molecule has 2 atom stereocenters. The summed E-state index contributed by atoms with van der Waals surface area (Å²) in [5.74, 6) is 1.20. The molecule has 5 heteroatoms. The highest BCUT2D eigenvalue weighted by molar-refractivity contribution is 9.10. The van der Waals surface area contributed by atoms with E-state index in [1.165, 1.54) is 0 Å². The van der Waals surface area contributed by atoms with E-state index >= 15 is 0 Å². The molecule has 20 heavy (non-hydrogen) atoms. The molecule has 0 aromatic heterocycles. The number of ether oxygens (including phenoxy) is 1. The molecule has 0 saturated heterocycles. The molecular formula is C15H22BrNO3. The minimum atomic E-state index is -0.564. The third-order valence-corrected chi connectivity index (χ3v) is 3.92. The van der Waals surface area contributed by atoms with Crippen LogP contribution in [-0.4, -0.2) is 54.1 Å². The van der Waals surface area contributed by atoms with Crippen LogP contribution >= 0.6 is 15.9 Å². The van der Waals surface area contributed by atoms with Crippen molar-refractivity contribution >= 4 is 15.9 Å². The normalized spacial score (nSPS) is 18.1. The Bertz CT molecular complexity index is 425. The summed E-state index contributed by atoms with van der Waals surface area (Å²) in [6, 6.07) is 7.55. The fourth-order valence-corrected chi connectivity index (χ4v) is 2.56. The molecule has 4 nitrogen and oxygen atoms in total. The van der Waals surface area contributed by atoms with Crippen molar-refractivity contribution in [2.75, 3.05) is 26.7 Å². The molecule has 0 heterocycles. The summed E-state index contributed by atoms with van der Waals surface area (Å²) < 4.78 is 6.50. The van der Waals surface area contributed by atoms with Crippen molar-refractivity contribution in [3.05, 3.63) is 28.7 Å². The van der Waals surface area contributed by atoms with Gasteiger partial charge in [-0.1, -0.05) is 22.0 Å². The van der Waals surface area contributed by atoms with E-state index in [-0.39, 0.29) is 12.7 Å². The number of rotatable bonds is 8. The van der Waals surface area contributed by atoms with Gasteiger partial charge in [-0.3, -0.25) is 0 Å². The lowest BCUT2D eigenvalue weighted by Gasteiger charge is -2.23. The number of halogens is 1. The Kier molecular flexibility index (Phi) is 5.84. The average molecular weight is 344 g/mol. The molecule has 1 aliphatic rings. The van der Waals surface area contributed by atoms with E-state index in [0.717, 1.165) is 23.1 Å². The average Bonchev–Trinajstić information content (AvgIpc) is 3.20. The highest BCUT2D eigenvalue weighted by Crippen LogP contribution is 2.32. The zero-order valence-corrected chi connectivity index (χ0v) is 13.3. The number of aliphatic hydroxyl groups is 2. The molecule has 0 radical (unpaired) electrons. The van der Waals surface area contributed by atoms with Gasteiger partial charge in [0.25, 0.3) is 0 Å². The number of likely N-dealkylation sites (N-methyl/N-ethyl adjacent to an activating group) is 1. The first-order valence-corrected chi connectivity index (χ1v) is 7.77. The topological polar surface area (TPSA) is 52.9 Å². The molecule has 0 aliphatic heterocycles. The number of nitrogens with zero attached hydrogens (tertiary/aromatic N) is 1. The van der Waals surface area contributed by atoms with Crippen LogP contribution in [-0.2, 0) is 0 Å². The van der Waals surface area contributed by atoms with Crippen LogP contribution in [0.5, 0.6) is 5.75 Å². The summed E-state index contributed by atoms with van der Waals surface area (Å²) >= 11 is 3.38. The number of aliphatic hydroxyl groups excluding tert-OH is 2. The van der Waals surface area contributed by atoms with Gasteiger partial charge >= 0.3 is 0 Å². The SMILES string of the molecule is CN(CC(O)COc1cccc(Br)c1)CC(O)C1CC1. The Balaban J connectivity index is 1.67. The summed E-state index contributed by atoms with van der Waals surface area (Å²) in [5.41, 5.74) is 0. The number of hydrogen-bond donors (Lipinski definition) is 2. The molecule has 0 spiro atoms. The van der Waals surface area contributed by atoms with Gasteiger partial charge in [-0.2, -0.15) is 0 Å². The van der Waals surface area contributed by atoms with Gasteiger partial charge in [0.1, 0.15) is 18.5 Å². The standard InChI is InChI=1S/C15H22BrNO3/c1-17(9-15(19)11-5-6-11)8-13(18)10-20-14-4-2-3-12(16)7-14/h2-4,7,11,13,15,18-19H,5-6,8-10H2,1H3. The van der Waals surface area contributed by atoms with Crippen molar-refractivity contribution < 1.29 is 14.9 Å². The Labute approximate surface area is 128 Å². The van der Waals surface area contributed by atoms with Crippen molar-refractivity contribution in [3.8, 4) is 5.75 Å². The Hall–Kier alpha value is -0.620. The summed E-state index contributed by atoms with van der Waals surface area (Å²) in [5, 5.41) is 19.8. The van der Waals surface area contributed by atoms with Gasteiger partial charge in [0, 0.05) is 17.6 Å². The van der Waals surface area contributed by atoms with E-state index in [1.807, 2.05) is 36.2 Å². The first kappa shape index (κ1) is 15.8. The molecule has 2 rings (SSSR count). The van der Waals surface area contributed by atoms with E-state index in [1.54, 1.807) is 0 Å². The first-order valence-electron chi connectivity index (χ1n) is 6.97. The minimum Gasteiger partial charge on any atom is -0.491 e. The second-order valence-electron chi connectivity index (χ2n) is 5.55. The van der Waals surface area contributed by atoms with Gasteiger partial charge in [0.2, 0.25) is 0 Å². The van der Waals surface area contributed by atoms with Crippen molar-refractivity contribution in [2.24, 2.45) is 5.92 Å². The summed E-state index contributed by atoms with van der Waals surface area (Å²) in [7, 11) is 1.91. The van der Waals surface area contributed by atoms with E-state index in [0.29, 0.717) is 19.0 Å². The van der Waals surface area contributed by atoms with Gasteiger partial charge < -0.3 is 19.8 Å². The third-order valence-electron chi connectivity index (χ3n) is 3.43. The van der Waals surface area contributed by atoms with E-state index in [2.05, 4.69) is 15.9 Å². The molecule has 1 aliphatic carbocycles. The number of hydrogen-bond acceptors (Lipinski definition) is 4. The minimum absolute atomic E-state index is 0.250. The van der Waals surface area contributed by atoms with Crippen molar-refractivity contribution in [3.63, 3.8) is 0 Å². The molecule has 1 aromatic carbocycles. The van der Waals surface area contributed by atoms with Crippen LogP contribution in [0.4, 0.5) is 0 Å². The zero-order valence-electron chi connectivity index (χ0n) is 11.7. The molecule has 1 saturated carbocycles. The summed E-state index contributed by atoms with van der Waals surface area (Å²) in [6.45, 7) is 1.36. The predicted octanol–water partition coefficient (Wildman–Crippen LogP) is 1.89. The van der Waals surface area contributed by atoms with Crippen LogP contribution in [0.15, 0.2) is 28.7 Å². The maximum absolute atomic E-state index is 9.96. The van der Waals surface area contributed by atoms with Crippen molar-refractivity contribution in [1.29, 1.82) is 0 Å². The fraction of sp³-hybridized carbons (Fsp3) is 0.600. The van der Waals surface area contributed by atoms with Gasteiger partial charge in [0.15, 0.2) is 0 Å². The molecule has 112 valence electrons. The summed E-state index contributed by atoms with van der Waals surface area (Å²) in [6.07, 6.45) is 1.43. The van der Waals surface area contributed by atoms with Crippen LogP contribution in [0.1, 0.15) is 12.8 Å².